The lowest BCUT2D eigenvalue weighted by atomic mass is 10.0. The summed E-state index contributed by atoms with van der Waals surface area (Å²) in [6.45, 7) is 5.24. The Labute approximate surface area is 159 Å². The van der Waals surface area contributed by atoms with Crippen LogP contribution < -0.4 is 5.32 Å². The first kappa shape index (κ1) is 18.8. The number of carbonyl (C=O) groups excluding carboxylic acids is 1. The largest absolute Gasteiger partial charge is 0.336 e. The summed E-state index contributed by atoms with van der Waals surface area (Å²) in [7, 11) is 1.81. The first-order valence-corrected chi connectivity index (χ1v) is 10.1. The van der Waals surface area contributed by atoms with Crippen LogP contribution in [0, 0.1) is 6.92 Å². The Balaban J connectivity index is 1.60. The fourth-order valence-electron chi connectivity index (χ4n) is 3.33. The van der Waals surface area contributed by atoms with Crippen molar-refractivity contribution in [3.05, 3.63) is 46.2 Å². The molecule has 0 bridgehead atoms. The third-order valence-corrected chi connectivity index (χ3v) is 5.68. The lowest BCUT2D eigenvalue weighted by molar-refractivity contribution is 0.155. The van der Waals surface area contributed by atoms with Gasteiger partial charge in [0.05, 0.1) is 12.6 Å². The van der Waals surface area contributed by atoms with E-state index in [1.54, 1.807) is 22.4 Å². The van der Waals surface area contributed by atoms with Crippen LogP contribution in [0.1, 0.15) is 41.6 Å². The topological polar surface area (TPSA) is 61.4 Å². The van der Waals surface area contributed by atoms with Crippen molar-refractivity contribution < 1.29 is 4.79 Å². The number of thiazole rings is 1. The Morgan fingerprint density at radius 3 is 2.85 bits per heavy atom. The number of nitrogens with zero attached hydrogens (tertiary/aromatic N) is 4. The number of aryl methyl sites for hydroxylation is 1. The number of nitrogens with one attached hydrogen (secondary N) is 1. The minimum atomic E-state index is -0.0660. The smallest absolute Gasteiger partial charge is 0.317 e. The Hall–Kier alpha value is -1.99. The van der Waals surface area contributed by atoms with Crippen molar-refractivity contribution in [2.75, 3.05) is 26.7 Å². The molecule has 7 heteroatoms. The quantitative estimate of drug-likeness (QED) is 0.845. The van der Waals surface area contributed by atoms with E-state index >= 15 is 0 Å². The molecule has 0 aromatic carbocycles. The summed E-state index contributed by atoms with van der Waals surface area (Å²) < 4.78 is 0. The van der Waals surface area contributed by atoms with Crippen LogP contribution in [-0.2, 0) is 6.54 Å². The zero-order valence-corrected chi connectivity index (χ0v) is 16.3. The van der Waals surface area contributed by atoms with Gasteiger partial charge in [-0.25, -0.2) is 9.78 Å². The molecule has 1 aliphatic heterocycles. The third-order valence-electron chi connectivity index (χ3n) is 4.73. The zero-order chi connectivity index (χ0) is 18.4. The van der Waals surface area contributed by atoms with Crippen molar-refractivity contribution in [3.8, 4) is 0 Å². The van der Waals surface area contributed by atoms with Crippen molar-refractivity contribution in [3.63, 3.8) is 0 Å². The van der Waals surface area contributed by atoms with Gasteiger partial charge in [0, 0.05) is 37.1 Å². The molecule has 3 rings (SSSR count). The molecule has 0 spiro atoms. The summed E-state index contributed by atoms with van der Waals surface area (Å²) in [5.41, 5.74) is 2.16. The summed E-state index contributed by atoms with van der Waals surface area (Å²) in [5, 5.41) is 6.07. The maximum atomic E-state index is 12.5. The molecular formula is C19H27N5OS. The van der Waals surface area contributed by atoms with Crippen molar-refractivity contribution >= 4 is 17.4 Å². The number of urea groups is 1. The average molecular weight is 374 g/mol. The lowest BCUT2D eigenvalue weighted by Crippen LogP contribution is -2.44. The first-order chi connectivity index (χ1) is 12.6. The van der Waals surface area contributed by atoms with Gasteiger partial charge in [-0.2, -0.15) is 0 Å². The third kappa shape index (κ3) is 5.02. The van der Waals surface area contributed by atoms with Gasteiger partial charge in [-0.3, -0.25) is 9.88 Å². The van der Waals surface area contributed by atoms with Crippen LogP contribution in [0.25, 0.3) is 0 Å². The molecule has 26 heavy (non-hydrogen) atoms. The Bertz CT molecular complexity index is 699. The van der Waals surface area contributed by atoms with Crippen molar-refractivity contribution in [2.24, 2.45) is 0 Å². The standard InChI is InChI=1S/C19H27N5OS/c1-15-14-26-18(22-15)13-23(2)19(25)21-12-17(16-7-6-8-20-11-16)24-9-4-3-5-10-24/h6-8,11,14,17H,3-5,9-10,12-13H2,1-2H3,(H,21,25). The highest BCUT2D eigenvalue weighted by Gasteiger charge is 2.23. The van der Waals surface area contributed by atoms with E-state index in [4.69, 9.17) is 0 Å². The molecule has 0 radical (unpaired) electrons. The van der Waals surface area contributed by atoms with Crippen molar-refractivity contribution in [1.82, 2.24) is 25.1 Å². The highest BCUT2D eigenvalue weighted by Crippen LogP contribution is 2.23. The zero-order valence-electron chi connectivity index (χ0n) is 15.5. The van der Waals surface area contributed by atoms with Gasteiger partial charge in [0.1, 0.15) is 5.01 Å². The molecule has 140 valence electrons. The number of hydrogen-bond donors (Lipinski definition) is 1. The van der Waals surface area contributed by atoms with E-state index < -0.39 is 0 Å². The minimum Gasteiger partial charge on any atom is -0.336 e. The number of pyridine rings is 1. The molecule has 1 saturated heterocycles. The average Bonchev–Trinajstić information content (AvgIpc) is 3.08. The fourth-order valence-corrected chi connectivity index (χ4v) is 4.15. The van der Waals surface area contributed by atoms with Crippen molar-refractivity contribution in [1.29, 1.82) is 0 Å². The molecule has 2 aromatic rings. The number of hydrogen-bond acceptors (Lipinski definition) is 5. The molecule has 1 atom stereocenters. The minimum absolute atomic E-state index is 0.0660. The second-order valence-corrected chi connectivity index (χ2v) is 7.77. The summed E-state index contributed by atoms with van der Waals surface area (Å²) in [6, 6.07) is 4.16. The normalized spacial score (nSPS) is 16.2. The first-order valence-electron chi connectivity index (χ1n) is 9.17. The molecule has 1 aliphatic rings. The summed E-state index contributed by atoms with van der Waals surface area (Å²) >= 11 is 1.59. The van der Waals surface area contributed by atoms with Gasteiger partial charge in [0.15, 0.2) is 0 Å². The van der Waals surface area contributed by atoms with Crippen LogP contribution in [0.15, 0.2) is 29.9 Å². The lowest BCUT2D eigenvalue weighted by Gasteiger charge is -2.35. The summed E-state index contributed by atoms with van der Waals surface area (Å²) in [4.78, 5) is 25.4. The SMILES string of the molecule is Cc1csc(CN(C)C(=O)NCC(c2cccnc2)N2CCCCC2)n1. The van der Waals surface area contributed by atoms with E-state index in [1.807, 2.05) is 31.6 Å². The van der Waals surface area contributed by atoms with Gasteiger partial charge in [-0.15, -0.1) is 11.3 Å². The Morgan fingerprint density at radius 2 is 2.19 bits per heavy atom. The molecule has 1 unspecified atom stereocenters. The van der Waals surface area contributed by atoms with E-state index in [1.165, 1.54) is 19.3 Å². The van der Waals surface area contributed by atoms with E-state index in [9.17, 15) is 4.79 Å². The van der Waals surface area contributed by atoms with E-state index in [0.717, 1.165) is 29.4 Å². The van der Waals surface area contributed by atoms with E-state index in [2.05, 4.69) is 26.3 Å². The second-order valence-electron chi connectivity index (χ2n) is 6.82. The van der Waals surface area contributed by atoms with Crippen LogP contribution in [0.2, 0.25) is 0 Å². The molecule has 0 saturated carbocycles. The molecule has 2 amide bonds. The summed E-state index contributed by atoms with van der Waals surface area (Å²) in [6.07, 6.45) is 7.42. The molecule has 2 aromatic heterocycles. The van der Waals surface area contributed by atoms with Crippen LogP contribution in [0.5, 0.6) is 0 Å². The number of aromatic nitrogens is 2. The predicted molar refractivity (Wildman–Crippen MR) is 104 cm³/mol. The van der Waals surface area contributed by atoms with E-state index in [-0.39, 0.29) is 12.1 Å². The maximum Gasteiger partial charge on any atom is 0.317 e. The second kappa shape index (κ2) is 9.09. The number of carbonyl (C=O) groups is 1. The van der Waals surface area contributed by atoms with Gasteiger partial charge < -0.3 is 10.2 Å². The van der Waals surface area contributed by atoms with Crippen molar-refractivity contribution in [2.45, 2.75) is 38.8 Å². The number of amides is 2. The van der Waals surface area contributed by atoms with Crippen LogP contribution in [0.4, 0.5) is 4.79 Å². The van der Waals surface area contributed by atoms with Crippen LogP contribution in [0.3, 0.4) is 0 Å². The Morgan fingerprint density at radius 1 is 1.38 bits per heavy atom. The van der Waals surface area contributed by atoms with Gasteiger partial charge >= 0.3 is 6.03 Å². The number of likely N-dealkylation sites (tertiary alicyclic amines) is 1. The maximum absolute atomic E-state index is 12.5. The van der Waals surface area contributed by atoms with Gasteiger partial charge in [-0.1, -0.05) is 12.5 Å². The molecule has 3 heterocycles. The predicted octanol–water partition coefficient (Wildman–Crippen LogP) is 3.22. The Kier molecular flexibility index (Phi) is 6.57. The number of piperidine rings is 1. The highest BCUT2D eigenvalue weighted by molar-refractivity contribution is 7.09. The monoisotopic (exact) mass is 373 g/mol. The van der Waals surface area contributed by atoms with Gasteiger partial charge in [0.2, 0.25) is 0 Å². The molecule has 6 nitrogen and oxygen atoms in total. The summed E-state index contributed by atoms with van der Waals surface area (Å²) in [5.74, 6) is 0. The molecule has 1 fully saturated rings. The fraction of sp³-hybridized carbons (Fsp3) is 0.526. The molecule has 1 N–H and O–H groups in total. The molecular weight excluding hydrogens is 346 g/mol. The van der Waals surface area contributed by atoms with Gasteiger partial charge in [-0.05, 0) is 44.5 Å². The van der Waals surface area contributed by atoms with Gasteiger partial charge in [0.25, 0.3) is 0 Å². The van der Waals surface area contributed by atoms with E-state index in [0.29, 0.717) is 13.1 Å². The molecule has 0 aliphatic carbocycles. The highest BCUT2D eigenvalue weighted by atomic mass is 32.1. The van der Waals surface area contributed by atoms with Crippen LogP contribution >= 0.6 is 11.3 Å². The van der Waals surface area contributed by atoms with Crippen LogP contribution in [-0.4, -0.2) is 52.5 Å². The number of rotatable bonds is 6.